The number of aryl methyl sites for hydroxylation is 1. The maximum absolute atomic E-state index is 13.3. The summed E-state index contributed by atoms with van der Waals surface area (Å²) in [5.41, 5.74) is 0.453. The molecule has 11 nitrogen and oxygen atoms in total. The lowest BCUT2D eigenvalue weighted by Gasteiger charge is -2.31. The molecule has 41 heavy (non-hydrogen) atoms. The van der Waals surface area contributed by atoms with Gasteiger partial charge in [-0.3, -0.25) is 9.36 Å². The fourth-order valence-electron chi connectivity index (χ4n) is 4.92. The van der Waals surface area contributed by atoms with E-state index in [9.17, 15) is 26.8 Å². The van der Waals surface area contributed by atoms with Crippen LogP contribution in [0.1, 0.15) is 59.7 Å². The molecule has 2 aliphatic heterocycles. The summed E-state index contributed by atoms with van der Waals surface area (Å²) in [6, 6.07) is 4.69. The molecule has 1 aromatic carbocycles. The number of hydrogen-bond acceptors (Lipinski definition) is 9. The molecule has 1 unspecified atom stereocenters. The van der Waals surface area contributed by atoms with E-state index in [0.29, 0.717) is 49.3 Å². The summed E-state index contributed by atoms with van der Waals surface area (Å²) >= 11 is 7.81. The van der Waals surface area contributed by atoms with Crippen molar-refractivity contribution < 1.29 is 31.0 Å². The molecule has 1 amide bonds. The summed E-state index contributed by atoms with van der Waals surface area (Å²) in [6.45, 7) is 0.381. The van der Waals surface area contributed by atoms with E-state index in [2.05, 4.69) is 5.16 Å². The second-order valence-electron chi connectivity index (χ2n) is 9.84. The lowest BCUT2D eigenvalue weighted by atomic mass is 9.97. The van der Waals surface area contributed by atoms with Crippen LogP contribution in [-0.4, -0.2) is 58.4 Å². The third-order valence-electron chi connectivity index (χ3n) is 6.95. The van der Waals surface area contributed by atoms with Gasteiger partial charge in [-0.15, -0.1) is 11.3 Å². The standard InChI is InChI=1S/C25H26ClF2N5O6S2/c1-31-11-18(23(27)28)33(25(31)35)12-21(34)32-8-6-14(7-9-32)24-29-17(13-40-24)16-10-20(38-30-16)22-15(26)4-3-5-19(22)39-41(2,36)37/h3-5,11,13-14,20,23H,6-10,12H2,1-2H3. The highest BCUT2D eigenvalue weighted by Gasteiger charge is 2.32. The number of hydrogen-bond donors (Lipinski definition) is 0. The van der Waals surface area contributed by atoms with Crippen LogP contribution in [-0.2, 0) is 33.3 Å². The fraction of sp³-hybridized carbons (Fsp3) is 0.440. The van der Waals surface area contributed by atoms with Crippen LogP contribution in [0.15, 0.2) is 39.7 Å². The van der Waals surface area contributed by atoms with Crippen molar-refractivity contribution in [2.45, 2.75) is 44.3 Å². The van der Waals surface area contributed by atoms with E-state index in [1.54, 1.807) is 17.0 Å². The van der Waals surface area contributed by atoms with E-state index in [1.165, 1.54) is 24.5 Å². The number of halogens is 3. The number of nitrogens with zero attached hydrogens (tertiary/aromatic N) is 5. The van der Waals surface area contributed by atoms with Crippen molar-refractivity contribution in [1.29, 1.82) is 0 Å². The highest BCUT2D eigenvalue weighted by Crippen LogP contribution is 2.40. The van der Waals surface area contributed by atoms with E-state index in [4.69, 9.17) is 25.6 Å². The van der Waals surface area contributed by atoms with Gasteiger partial charge in [-0.1, -0.05) is 22.8 Å². The predicted molar refractivity (Wildman–Crippen MR) is 147 cm³/mol. The first-order valence-corrected chi connectivity index (χ1v) is 15.7. The van der Waals surface area contributed by atoms with Gasteiger partial charge in [0.05, 0.1) is 27.5 Å². The average Bonchev–Trinajstić information content (AvgIpc) is 3.64. The van der Waals surface area contributed by atoms with Crippen molar-refractivity contribution in [2.24, 2.45) is 12.2 Å². The molecule has 0 radical (unpaired) electrons. The normalized spacial score (nSPS) is 18.0. The van der Waals surface area contributed by atoms with Crippen LogP contribution in [0.2, 0.25) is 5.02 Å². The minimum Gasteiger partial charge on any atom is -0.387 e. The molecule has 0 aliphatic carbocycles. The van der Waals surface area contributed by atoms with Gasteiger partial charge in [0, 0.05) is 44.1 Å². The number of amides is 1. The number of imidazole rings is 1. The van der Waals surface area contributed by atoms with Gasteiger partial charge >= 0.3 is 15.8 Å². The zero-order valence-corrected chi connectivity index (χ0v) is 24.4. The van der Waals surface area contributed by atoms with Gasteiger partial charge < -0.3 is 18.5 Å². The Morgan fingerprint density at radius 3 is 2.71 bits per heavy atom. The van der Waals surface area contributed by atoms with Crippen molar-refractivity contribution >= 4 is 44.7 Å². The Labute approximate surface area is 243 Å². The van der Waals surface area contributed by atoms with Crippen molar-refractivity contribution in [3.8, 4) is 5.75 Å². The van der Waals surface area contributed by atoms with Gasteiger partial charge in [0.15, 0.2) is 11.9 Å². The molecule has 2 aliphatic rings. The van der Waals surface area contributed by atoms with Crippen molar-refractivity contribution in [3.05, 3.63) is 67.2 Å². The summed E-state index contributed by atoms with van der Waals surface area (Å²) in [4.78, 5) is 36.9. The minimum atomic E-state index is -3.79. The Balaban J connectivity index is 1.20. The highest BCUT2D eigenvalue weighted by atomic mass is 35.5. The second-order valence-corrected chi connectivity index (χ2v) is 12.7. The molecule has 2 aromatic heterocycles. The number of rotatable bonds is 8. The van der Waals surface area contributed by atoms with Crippen LogP contribution >= 0.6 is 22.9 Å². The van der Waals surface area contributed by atoms with Gasteiger partial charge in [0.25, 0.3) is 6.43 Å². The number of benzene rings is 1. The van der Waals surface area contributed by atoms with Gasteiger partial charge in [0.1, 0.15) is 18.0 Å². The van der Waals surface area contributed by atoms with Crippen LogP contribution in [0.4, 0.5) is 8.78 Å². The Hall–Kier alpha value is -3.30. The SMILES string of the molecule is Cn1cc(C(F)F)n(CC(=O)N2CCC(c3nc(C4=NOC(c5c(Cl)cccc5OS(C)(=O)=O)C4)cs3)CC2)c1=O. The van der Waals surface area contributed by atoms with Crippen LogP contribution in [0, 0.1) is 0 Å². The third kappa shape index (κ3) is 6.31. The summed E-state index contributed by atoms with van der Waals surface area (Å²) in [7, 11) is -2.42. The maximum atomic E-state index is 13.3. The first-order chi connectivity index (χ1) is 19.4. The number of piperidine rings is 1. The molecule has 3 aromatic rings. The zero-order chi connectivity index (χ0) is 29.5. The Bertz CT molecular complexity index is 1660. The van der Waals surface area contributed by atoms with Gasteiger partial charge in [-0.25, -0.2) is 18.6 Å². The zero-order valence-electron chi connectivity index (χ0n) is 22.0. The molecule has 0 N–H and O–H groups in total. The molecule has 16 heteroatoms. The third-order valence-corrected chi connectivity index (χ3v) is 8.77. The molecular weight excluding hydrogens is 604 g/mol. The molecule has 0 bridgehead atoms. The van der Waals surface area contributed by atoms with E-state index in [0.717, 1.165) is 26.6 Å². The molecule has 1 atom stereocenters. The van der Waals surface area contributed by atoms with E-state index in [1.807, 2.05) is 5.38 Å². The minimum absolute atomic E-state index is 0.0734. The first-order valence-electron chi connectivity index (χ1n) is 12.6. The Morgan fingerprint density at radius 2 is 2.02 bits per heavy atom. The average molecular weight is 630 g/mol. The molecule has 0 saturated carbocycles. The Morgan fingerprint density at radius 1 is 1.29 bits per heavy atom. The molecule has 220 valence electrons. The van der Waals surface area contributed by atoms with Crippen molar-refractivity contribution in [1.82, 2.24) is 19.0 Å². The monoisotopic (exact) mass is 629 g/mol. The number of alkyl halides is 2. The van der Waals surface area contributed by atoms with Crippen LogP contribution in [0.5, 0.6) is 5.75 Å². The maximum Gasteiger partial charge on any atom is 0.328 e. The number of carbonyl (C=O) groups excluding carboxylic acids is 1. The van der Waals surface area contributed by atoms with Crippen LogP contribution in [0.3, 0.4) is 0 Å². The second kappa shape index (κ2) is 11.5. The molecule has 1 fully saturated rings. The quantitative estimate of drug-likeness (QED) is 0.347. The summed E-state index contributed by atoms with van der Waals surface area (Å²) in [5.74, 6) is -0.226. The number of aromatic nitrogens is 3. The molecule has 1 saturated heterocycles. The molecule has 0 spiro atoms. The van der Waals surface area contributed by atoms with Gasteiger partial charge in [0.2, 0.25) is 5.91 Å². The van der Waals surface area contributed by atoms with Crippen LogP contribution < -0.4 is 9.87 Å². The largest absolute Gasteiger partial charge is 0.387 e. The highest BCUT2D eigenvalue weighted by molar-refractivity contribution is 7.86. The van der Waals surface area contributed by atoms with Crippen LogP contribution in [0.25, 0.3) is 0 Å². The summed E-state index contributed by atoms with van der Waals surface area (Å²) in [5, 5.41) is 7.19. The lowest BCUT2D eigenvalue weighted by molar-refractivity contribution is -0.133. The fourth-order valence-corrected chi connectivity index (χ4v) is 6.68. The summed E-state index contributed by atoms with van der Waals surface area (Å²) < 4.78 is 57.0. The number of carbonyl (C=O) groups is 1. The smallest absolute Gasteiger partial charge is 0.328 e. The van der Waals surface area contributed by atoms with Gasteiger partial charge in [-0.2, -0.15) is 8.42 Å². The Kier molecular flexibility index (Phi) is 8.21. The number of thiazole rings is 1. The number of likely N-dealkylation sites (tertiary alicyclic amines) is 1. The molecule has 5 rings (SSSR count). The molecule has 4 heterocycles. The van der Waals surface area contributed by atoms with E-state index >= 15 is 0 Å². The van der Waals surface area contributed by atoms with Crippen molar-refractivity contribution in [3.63, 3.8) is 0 Å². The molecular formula is C25H26ClF2N5O6S2. The van der Waals surface area contributed by atoms with Crippen molar-refractivity contribution in [2.75, 3.05) is 19.3 Å². The lowest BCUT2D eigenvalue weighted by Crippen LogP contribution is -2.41. The first kappa shape index (κ1) is 29.2. The van der Waals surface area contributed by atoms with E-state index in [-0.39, 0.29) is 22.6 Å². The number of oxime groups is 1. The van der Waals surface area contributed by atoms with E-state index < -0.39 is 40.6 Å². The topological polar surface area (TPSA) is 125 Å². The van der Waals surface area contributed by atoms with Gasteiger partial charge in [-0.05, 0) is 25.0 Å². The summed E-state index contributed by atoms with van der Waals surface area (Å²) in [6.07, 6.45) is 0.0325. The predicted octanol–water partition coefficient (Wildman–Crippen LogP) is 3.84.